The van der Waals surface area contributed by atoms with E-state index >= 15 is 0 Å². The number of nitriles is 1. The SMILES string of the molecule is N#Cc1cccc(CS(=O)(=O)c2ccncc2N)c1F. The highest BCUT2D eigenvalue weighted by atomic mass is 32.2. The lowest BCUT2D eigenvalue weighted by atomic mass is 10.1. The molecule has 0 atom stereocenters. The minimum Gasteiger partial charge on any atom is -0.396 e. The lowest BCUT2D eigenvalue weighted by Gasteiger charge is -2.08. The van der Waals surface area contributed by atoms with Crippen molar-refractivity contribution < 1.29 is 12.8 Å². The Hall–Kier alpha value is -2.46. The molecule has 2 N–H and O–H groups in total. The van der Waals surface area contributed by atoms with Gasteiger partial charge in [0.15, 0.2) is 9.84 Å². The van der Waals surface area contributed by atoms with Crippen LogP contribution < -0.4 is 5.73 Å². The summed E-state index contributed by atoms with van der Waals surface area (Å²) < 4.78 is 38.3. The number of pyridine rings is 1. The molecule has 1 aromatic carbocycles. The number of aromatic nitrogens is 1. The van der Waals surface area contributed by atoms with Crippen molar-refractivity contribution in [3.63, 3.8) is 0 Å². The Labute approximate surface area is 115 Å². The van der Waals surface area contributed by atoms with E-state index in [2.05, 4.69) is 4.98 Å². The molecule has 0 unspecified atom stereocenters. The summed E-state index contributed by atoms with van der Waals surface area (Å²) in [6.07, 6.45) is 2.51. The summed E-state index contributed by atoms with van der Waals surface area (Å²) in [5.41, 5.74) is 5.31. The topological polar surface area (TPSA) is 96.8 Å². The molecule has 2 aromatic rings. The summed E-state index contributed by atoms with van der Waals surface area (Å²) in [5.74, 6) is -1.39. The van der Waals surface area contributed by atoms with Crippen LogP contribution in [0.5, 0.6) is 0 Å². The van der Waals surface area contributed by atoms with Crippen molar-refractivity contribution in [1.29, 1.82) is 5.26 Å². The van der Waals surface area contributed by atoms with Gasteiger partial charge in [-0.1, -0.05) is 12.1 Å². The summed E-state index contributed by atoms with van der Waals surface area (Å²) in [6.45, 7) is 0. The van der Waals surface area contributed by atoms with Gasteiger partial charge in [-0.3, -0.25) is 4.98 Å². The Morgan fingerprint density at radius 2 is 2.10 bits per heavy atom. The Bertz CT molecular complexity index is 798. The molecule has 5 nitrogen and oxygen atoms in total. The molecule has 0 saturated carbocycles. The van der Waals surface area contributed by atoms with Gasteiger partial charge in [0.05, 0.1) is 28.1 Å². The maximum atomic E-state index is 13.9. The molecule has 0 saturated heterocycles. The summed E-state index contributed by atoms with van der Waals surface area (Å²) in [5, 5.41) is 8.73. The van der Waals surface area contributed by atoms with Crippen LogP contribution in [-0.4, -0.2) is 13.4 Å². The van der Waals surface area contributed by atoms with Crippen LogP contribution in [0.1, 0.15) is 11.1 Å². The predicted molar refractivity (Wildman–Crippen MR) is 70.7 cm³/mol. The van der Waals surface area contributed by atoms with Crippen LogP contribution in [0.4, 0.5) is 10.1 Å². The lowest BCUT2D eigenvalue weighted by molar-refractivity contribution is 0.586. The highest BCUT2D eigenvalue weighted by Gasteiger charge is 2.21. The normalized spacial score (nSPS) is 11.0. The molecule has 0 aliphatic heterocycles. The van der Waals surface area contributed by atoms with Crippen molar-refractivity contribution in [3.8, 4) is 6.07 Å². The zero-order valence-corrected chi connectivity index (χ0v) is 11.1. The second-order valence-corrected chi connectivity index (χ2v) is 6.02. The predicted octanol–water partition coefficient (Wildman–Crippen LogP) is 1.65. The third kappa shape index (κ3) is 2.60. The fourth-order valence-electron chi connectivity index (χ4n) is 1.74. The number of hydrogen-bond donors (Lipinski definition) is 1. The zero-order valence-electron chi connectivity index (χ0n) is 10.2. The largest absolute Gasteiger partial charge is 0.396 e. The first-order valence-corrected chi connectivity index (χ1v) is 7.20. The van der Waals surface area contributed by atoms with E-state index in [0.29, 0.717) is 0 Å². The first kappa shape index (κ1) is 14.0. The average molecular weight is 291 g/mol. The Balaban J connectivity index is 2.45. The number of anilines is 1. The second-order valence-electron chi connectivity index (χ2n) is 4.06. The first-order chi connectivity index (χ1) is 9.45. The third-order valence-electron chi connectivity index (χ3n) is 2.69. The summed E-state index contributed by atoms with van der Waals surface area (Å²) in [4.78, 5) is 3.60. The van der Waals surface area contributed by atoms with Gasteiger partial charge in [0.25, 0.3) is 0 Å². The number of rotatable bonds is 3. The van der Waals surface area contributed by atoms with Crippen LogP contribution in [0, 0.1) is 17.1 Å². The van der Waals surface area contributed by atoms with Gasteiger partial charge in [0.1, 0.15) is 11.9 Å². The minimum absolute atomic E-state index is 0.00402. The third-order valence-corrected chi connectivity index (χ3v) is 4.42. The highest BCUT2D eigenvalue weighted by molar-refractivity contribution is 7.90. The van der Waals surface area contributed by atoms with E-state index in [1.807, 2.05) is 0 Å². The zero-order chi connectivity index (χ0) is 14.8. The van der Waals surface area contributed by atoms with E-state index in [1.54, 1.807) is 6.07 Å². The summed E-state index contributed by atoms with van der Waals surface area (Å²) in [7, 11) is -3.81. The molecule has 0 aliphatic carbocycles. The molecule has 0 fully saturated rings. The molecule has 1 heterocycles. The van der Waals surface area contributed by atoms with Crippen LogP contribution >= 0.6 is 0 Å². The van der Waals surface area contributed by atoms with Crippen molar-refractivity contribution in [1.82, 2.24) is 4.98 Å². The number of halogens is 1. The maximum absolute atomic E-state index is 13.9. The van der Waals surface area contributed by atoms with Crippen LogP contribution in [0.15, 0.2) is 41.6 Å². The van der Waals surface area contributed by atoms with E-state index in [0.717, 1.165) is 0 Å². The second kappa shape index (κ2) is 5.27. The molecule has 1 aromatic heterocycles. The quantitative estimate of drug-likeness (QED) is 0.927. The molecule has 2 rings (SSSR count). The standard InChI is InChI=1S/C13H10FN3O2S/c14-13-9(6-15)2-1-3-10(13)8-20(18,19)12-4-5-17-7-11(12)16/h1-5,7H,8,16H2. The van der Waals surface area contributed by atoms with Gasteiger partial charge in [0.2, 0.25) is 0 Å². The average Bonchev–Trinajstić information content (AvgIpc) is 2.41. The van der Waals surface area contributed by atoms with Crippen LogP contribution in [-0.2, 0) is 15.6 Å². The molecule has 102 valence electrons. The lowest BCUT2D eigenvalue weighted by Crippen LogP contribution is -2.09. The van der Waals surface area contributed by atoms with Gasteiger partial charge >= 0.3 is 0 Å². The van der Waals surface area contributed by atoms with Crippen molar-refractivity contribution >= 4 is 15.5 Å². The fraction of sp³-hybridized carbons (Fsp3) is 0.0769. The molecule has 7 heteroatoms. The number of sulfone groups is 1. The fourth-order valence-corrected chi connectivity index (χ4v) is 3.21. The van der Waals surface area contributed by atoms with Crippen LogP contribution in [0.2, 0.25) is 0 Å². The van der Waals surface area contributed by atoms with E-state index in [4.69, 9.17) is 11.0 Å². The van der Waals surface area contributed by atoms with Crippen LogP contribution in [0.25, 0.3) is 0 Å². The number of nitrogen functional groups attached to an aromatic ring is 1. The monoisotopic (exact) mass is 291 g/mol. The van der Waals surface area contributed by atoms with Gasteiger partial charge in [-0.05, 0) is 12.1 Å². The Morgan fingerprint density at radius 3 is 2.75 bits per heavy atom. The smallest absolute Gasteiger partial charge is 0.184 e. The van der Waals surface area contributed by atoms with Crippen molar-refractivity contribution in [2.45, 2.75) is 10.6 Å². The molecule has 20 heavy (non-hydrogen) atoms. The molecule has 0 radical (unpaired) electrons. The number of nitrogens with two attached hydrogens (primary N) is 1. The first-order valence-electron chi connectivity index (χ1n) is 5.55. The van der Waals surface area contributed by atoms with Crippen molar-refractivity contribution in [2.75, 3.05) is 5.73 Å². The molecule has 0 bridgehead atoms. The molecular weight excluding hydrogens is 281 g/mol. The maximum Gasteiger partial charge on any atom is 0.184 e. The molecule has 0 aliphatic rings. The molecule has 0 spiro atoms. The van der Waals surface area contributed by atoms with E-state index in [1.165, 1.54) is 36.7 Å². The summed E-state index contributed by atoms with van der Waals surface area (Å²) in [6, 6.07) is 6.97. The molecular formula is C13H10FN3O2S. The Morgan fingerprint density at radius 1 is 1.35 bits per heavy atom. The van der Waals surface area contributed by atoms with Crippen LogP contribution in [0.3, 0.4) is 0 Å². The highest BCUT2D eigenvalue weighted by Crippen LogP contribution is 2.23. The van der Waals surface area contributed by atoms with E-state index < -0.39 is 21.4 Å². The number of hydrogen-bond acceptors (Lipinski definition) is 5. The number of nitrogens with zero attached hydrogens (tertiary/aromatic N) is 2. The van der Waals surface area contributed by atoms with Gasteiger partial charge in [-0.25, -0.2) is 12.8 Å². The molecule has 0 amide bonds. The summed E-state index contributed by atoms with van der Waals surface area (Å²) >= 11 is 0. The van der Waals surface area contributed by atoms with Gasteiger partial charge < -0.3 is 5.73 Å². The Kier molecular flexibility index (Phi) is 3.68. The minimum atomic E-state index is -3.81. The van der Waals surface area contributed by atoms with Crippen molar-refractivity contribution in [2.24, 2.45) is 0 Å². The van der Waals surface area contributed by atoms with Gasteiger partial charge in [0, 0.05) is 11.8 Å². The van der Waals surface area contributed by atoms with E-state index in [9.17, 15) is 12.8 Å². The van der Waals surface area contributed by atoms with E-state index in [-0.39, 0.29) is 21.7 Å². The van der Waals surface area contributed by atoms with Gasteiger partial charge in [-0.2, -0.15) is 5.26 Å². The van der Waals surface area contributed by atoms with Crippen molar-refractivity contribution in [3.05, 3.63) is 53.6 Å². The number of benzene rings is 1. The van der Waals surface area contributed by atoms with Gasteiger partial charge in [-0.15, -0.1) is 0 Å².